The number of rotatable bonds is 5. The van der Waals surface area contributed by atoms with Crippen LogP contribution < -0.4 is 11.1 Å². The number of pyridine rings is 1. The van der Waals surface area contributed by atoms with Crippen LogP contribution in [0.3, 0.4) is 0 Å². The van der Waals surface area contributed by atoms with Crippen molar-refractivity contribution in [3.63, 3.8) is 0 Å². The number of nitrogens with zero attached hydrogens (tertiary/aromatic N) is 1. The fraction of sp³-hybridized carbons (Fsp3) is 0.600. The van der Waals surface area contributed by atoms with Crippen LogP contribution in [0, 0.1) is 12.8 Å². The third-order valence-corrected chi connectivity index (χ3v) is 3.93. The van der Waals surface area contributed by atoms with Gasteiger partial charge in [-0.25, -0.2) is 0 Å². The topological polar surface area (TPSA) is 68.0 Å². The molecule has 0 spiro atoms. The van der Waals surface area contributed by atoms with Crippen LogP contribution in [0.2, 0.25) is 0 Å². The number of hydrogen-bond donors (Lipinski definition) is 2. The first-order valence-electron chi connectivity index (χ1n) is 7.11. The molecular weight excluding hydrogens is 238 g/mol. The Balaban J connectivity index is 1.93. The zero-order chi connectivity index (χ0) is 13.7. The molecule has 0 radical (unpaired) electrons. The van der Waals surface area contributed by atoms with E-state index in [1.807, 2.05) is 25.3 Å². The van der Waals surface area contributed by atoms with Gasteiger partial charge in [-0.3, -0.25) is 9.78 Å². The fourth-order valence-corrected chi connectivity index (χ4v) is 2.80. The van der Waals surface area contributed by atoms with Crippen LogP contribution in [0.5, 0.6) is 0 Å². The molecule has 2 rings (SSSR count). The number of nitrogens with two attached hydrogens (primary N) is 1. The van der Waals surface area contributed by atoms with Crippen LogP contribution in [0.1, 0.15) is 43.4 Å². The zero-order valence-corrected chi connectivity index (χ0v) is 11.6. The number of primary amides is 1. The summed E-state index contributed by atoms with van der Waals surface area (Å²) < 4.78 is 0. The Hall–Kier alpha value is -1.42. The number of carbonyl (C=O) groups excluding carboxylic acids is 1. The van der Waals surface area contributed by atoms with Gasteiger partial charge >= 0.3 is 0 Å². The van der Waals surface area contributed by atoms with Crippen LogP contribution in [-0.2, 0) is 11.3 Å². The largest absolute Gasteiger partial charge is 0.368 e. The summed E-state index contributed by atoms with van der Waals surface area (Å²) in [5.41, 5.74) is 7.63. The highest BCUT2D eigenvalue weighted by molar-refractivity contribution is 5.80. The molecule has 1 amide bonds. The predicted molar refractivity (Wildman–Crippen MR) is 75.4 cm³/mol. The second-order valence-electron chi connectivity index (χ2n) is 5.47. The SMILES string of the molecule is Cc1ccc(CNC(C(N)=O)C2CCCCC2)cn1. The number of aromatic nitrogens is 1. The monoisotopic (exact) mass is 261 g/mol. The van der Waals surface area contributed by atoms with E-state index < -0.39 is 0 Å². The van der Waals surface area contributed by atoms with E-state index in [9.17, 15) is 4.79 Å². The molecule has 0 saturated heterocycles. The molecule has 1 heterocycles. The Kier molecular flexibility index (Phi) is 4.91. The van der Waals surface area contributed by atoms with E-state index in [1.54, 1.807) is 0 Å². The van der Waals surface area contributed by atoms with E-state index in [1.165, 1.54) is 19.3 Å². The van der Waals surface area contributed by atoms with Gasteiger partial charge in [-0.1, -0.05) is 25.3 Å². The minimum Gasteiger partial charge on any atom is -0.368 e. The molecule has 104 valence electrons. The van der Waals surface area contributed by atoms with Crippen molar-refractivity contribution in [2.75, 3.05) is 0 Å². The highest BCUT2D eigenvalue weighted by Gasteiger charge is 2.27. The first kappa shape index (κ1) is 14.0. The predicted octanol–water partition coefficient (Wildman–Crippen LogP) is 1.91. The van der Waals surface area contributed by atoms with Gasteiger partial charge < -0.3 is 11.1 Å². The van der Waals surface area contributed by atoms with Crippen LogP contribution in [0.25, 0.3) is 0 Å². The minimum atomic E-state index is -0.230. The van der Waals surface area contributed by atoms with Crippen molar-refractivity contribution in [3.8, 4) is 0 Å². The molecule has 1 aromatic rings. The number of nitrogens with one attached hydrogen (secondary N) is 1. The Labute approximate surface area is 114 Å². The number of hydrogen-bond acceptors (Lipinski definition) is 3. The lowest BCUT2D eigenvalue weighted by Gasteiger charge is -2.28. The average Bonchev–Trinajstić information content (AvgIpc) is 2.42. The van der Waals surface area contributed by atoms with Gasteiger partial charge in [-0.05, 0) is 37.3 Å². The summed E-state index contributed by atoms with van der Waals surface area (Å²) in [5, 5.41) is 3.31. The molecule has 1 atom stereocenters. The van der Waals surface area contributed by atoms with Crippen molar-refractivity contribution in [3.05, 3.63) is 29.6 Å². The maximum absolute atomic E-state index is 11.6. The summed E-state index contributed by atoms with van der Waals surface area (Å²) in [6.45, 7) is 2.61. The van der Waals surface area contributed by atoms with E-state index >= 15 is 0 Å². The molecule has 1 aliphatic carbocycles. The standard InChI is InChI=1S/C15H23N3O/c1-11-7-8-12(9-17-11)10-18-14(15(16)19)13-5-3-2-4-6-13/h7-9,13-14,18H,2-6,10H2,1H3,(H2,16,19). The van der Waals surface area contributed by atoms with Gasteiger partial charge in [0, 0.05) is 18.4 Å². The lowest BCUT2D eigenvalue weighted by molar-refractivity contribution is -0.121. The molecule has 1 aliphatic rings. The molecule has 0 bridgehead atoms. The van der Waals surface area contributed by atoms with E-state index in [4.69, 9.17) is 5.73 Å². The van der Waals surface area contributed by atoms with Crippen molar-refractivity contribution < 1.29 is 4.79 Å². The molecule has 0 aliphatic heterocycles. The summed E-state index contributed by atoms with van der Waals surface area (Å²) >= 11 is 0. The number of aryl methyl sites for hydroxylation is 1. The molecule has 3 N–H and O–H groups in total. The van der Waals surface area contributed by atoms with E-state index in [2.05, 4.69) is 10.3 Å². The molecule has 19 heavy (non-hydrogen) atoms. The van der Waals surface area contributed by atoms with Crippen molar-refractivity contribution in [1.29, 1.82) is 0 Å². The van der Waals surface area contributed by atoms with Gasteiger partial charge in [0.25, 0.3) is 0 Å². The summed E-state index contributed by atoms with van der Waals surface area (Å²) in [5.74, 6) is 0.164. The van der Waals surface area contributed by atoms with Gasteiger partial charge in [0.1, 0.15) is 0 Å². The first-order chi connectivity index (χ1) is 9.16. The van der Waals surface area contributed by atoms with E-state index in [0.717, 1.165) is 24.1 Å². The molecule has 4 nitrogen and oxygen atoms in total. The highest BCUT2D eigenvalue weighted by Crippen LogP contribution is 2.26. The molecule has 1 aromatic heterocycles. The molecular formula is C15H23N3O. The summed E-state index contributed by atoms with van der Waals surface area (Å²) in [6.07, 6.45) is 7.76. The van der Waals surface area contributed by atoms with E-state index in [0.29, 0.717) is 12.5 Å². The Morgan fingerprint density at radius 2 is 2.16 bits per heavy atom. The van der Waals surface area contributed by atoms with Gasteiger partial charge in [0.05, 0.1) is 6.04 Å². The van der Waals surface area contributed by atoms with E-state index in [-0.39, 0.29) is 11.9 Å². The lowest BCUT2D eigenvalue weighted by Crippen LogP contribution is -2.46. The fourth-order valence-electron chi connectivity index (χ4n) is 2.80. The molecule has 1 unspecified atom stereocenters. The number of carbonyl (C=O) groups is 1. The quantitative estimate of drug-likeness (QED) is 0.850. The third-order valence-electron chi connectivity index (χ3n) is 3.93. The summed E-state index contributed by atoms with van der Waals surface area (Å²) in [6, 6.07) is 3.81. The molecule has 4 heteroatoms. The van der Waals surface area contributed by atoms with Crippen LogP contribution in [0.4, 0.5) is 0 Å². The van der Waals surface area contributed by atoms with Crippen LogP contribution in [0.15, 0.2) is 18.3 Å². The Bertz CT molecular complexity index is 410. The number of amides is 1. The molecule has 1 fully saturated rings. The average molecular weight is 261 g/mol. The highest BCUT2D eigenvalue weighted by atomic mass is 16.1. The summed E-state index contributed by atoms with van der Waals surface area (Å²) in [7, 11) is 0. The van der Waals surface area contributed by atoms with Gasteiger partial charge in [-0.15, -0.1) is 0 Å². The first-order valence-corrected chi connectivity index (χ1v) is 7.11. The van der Waals surface area contributed by atoms with Crippen LogP contribution >= 0.6 is 0 Å². The molecule has 0 aromatic carbocycles. The van der Waals surface area contributed by atoms with Crippen LogP contribution in [-0.4, -0.2) is 16.9 Å². The summed E-state index contributed by atoms with van der Waals surface area (Å²) in [4.78, 5) is 15.9. The normalized spacial score (nSPS) is 18.2. The van der Waals surface area contributed by atoms with Gasteiger partial charge in [0.2, 0.25) is 5.91 Å². The van der Waals surface area contributed by atoms with Crippen molar-refractivity contribution in [1.82, 2.24) is 10.3 Å². The second-order valence-corrected chi connectivity index (χ2v) is 5.47. The molecule has 1 saturated carbocycles. The lowest BCUT2D eigenvalue weighted by atomic mass is 9.83. The third kappa shape index (κ3) is 4.03. The Morgan fingerprint density at radius 1 is 1.42 bits per heavy atom. The smallest absolute Gasteiger partial charge is 0.234 e. The Morgan fingerprint density at radius 3 is 2.74 bits per heavy atom. The van der Waals surface area contributed by atoms with Gasteiger partial charge in [0.15, 0.2) is 0 Å². The van der Waals surface area contributed by atoms with Crippen molar-refractivity contribution in [2.24, 2.45) is 11.7 Å². The second kappa shape index (κ2) is 6.66. The minimum absolute atomic E-state index is 0.207. The van der Waals surface area contributed by atoms with Gasteiger partial charge in [-0.2, -0.15) is 0 Å². The maximum Gasteiger partial charge on any atom is 0.234 e. The zero-order valence-electron chi connectivity index (χ0n) is 11.6. The van der Waals surface area contributed by atoms with Crippen molar-refractivity contribution >= 4 is 5.91 Å². The van der Waals surface area contributed by atoms with Crippen molar-refractivity contribution in [2.45, 2.75) is 51.6 Å². The maximum atomic E-state index is 11.6.